The van der Waals surface area contributed by atoms with Crippen LogP contribution >= 0.6 is 11.3 Å². The molecule has 2 heterocycles. The molecule has 0 aliphatic heterocycles. The van der Waals surface area contributed by atoms with Crippen LogP contribution < -0.4 is 10.9 Å². The standard InChI is InChI=1S/C25H23N3O3S/c1-16(2)12-23(30)27-19-10-8-17(9-11-19)21(29)14-28-15-26-24-20(25(28)31)13-22(32-24)18-6-4-3-5-7-18/h3-11,13,15-16H,12,14H2,1-2H3,(H,27,30). The first kappa shape index (κ1) is 21.6. The number of nitrogens with zero attached hydrogens (tertiary/aromatic N) is 2. The number of rotatable bonds is 7. The molecule has 0 saturated heterocycles. The van der Waals surface area contributed by atoms with Crippen molar-refractivity contribution in [1.82, 2.24) is 9.55 Å². The smallest absolute Gasteiger partial charge is 0.262 e. The molecule has 1 amide bonds. The van der Waals surface area contributed by atoms with Gasteiger partial charge in [0.1, 0.15) is 4.83 Å². The minimum Gasteiger partial charge on any atom is -0.326 e. The van der Waals surface area contributed by atoms with Crippen molar-refractivity contribution in [2.75, 3.05) is 5.32 Å². The number of aromatic nitrogens is 2. The summed E-state index contributed by atoms with van der Waals surface area (Å²) in [5.74, 6) is 0.00886. The highest BCUT2D eigenvalue weighted by molar-refractivity contribution is 7.21. The van der Waals surface area contributed by atoms with Crippen molar-refractivity contribution in [3.8, 4) is 10.4 Å². The van der Waals surface area contributed by atoms with E-state index in [1.54, 1.807) is 24.3 Å². The number of fused-ring (bicyclic) bond motifs is 1. The van der Waals surface area contributed by atoms with E-state index < -0.39 is 0 Å². The second-order valence-electron chi connectivity index (χ2n) is 8.02. The van der Waals surface area contributed by atoms with Crippen molar-refractivity contribution in [3.05, 3.63) is 82.9 Å². The Balaban J connectivity index is 1.50. The van der Waals surface area contributed by atoms with Gasteiger partial charge in [-0.1, -0.05) is 44.2 Å². The Labute approximate surface area is 189 Å². The predicted molar refractivity (Wildman–Crippen MR) is 128 cm³/mol. The Hall–Kier alpha value is -3.58. The quantitative estimate of drug-likeness (QED) is 0.406. The average molecular weight is 446 g/mol. The molecular formula is C25H23N3O3S. The maximum absolute atomic E-state index is 12.9. The second-order valence-corrected chi connectivity index (χ2v) is 9.05. The van der Waals surface area contributed by atoms with E-state index in [0.717, 1.165) is 10.4 Å². The molecule has 7 heteroatoms. The van der Waals surface area contributed by atoms with E-state index in [0.29, 0.717) is 27.9 Å². The normalized spacial score (nSPS) is 11.1. The van der Waals surface area contributed by atoms with Gasteiger partial charge in [-0.15, -0.1) is 11.3 Å². The molecule has 1 N–H and O–H groups in total. The first-order chi connectivity index (χ1) is 15.4. The minimum atomic E-state index is -0.237. The number of thiophene rings is 1. The van der Waals surface area contributed by atoms with Crippen molar-refractivity contribution < 1.29 is 9.59 Å². The lowest BCUT2D eigenvalue weighted by Crippen LogP contribution is -2.24. The number of nitrogens with one attached hydrogen (secondary N) is 1. The zero-order valence-electron chi connectivity index (χ0n) is 17.9. The number of anilines is 1. The fourth-order valence-corrected chi connectivity index (χ4v) is 4.38. The van der Waals surface area contributed by atoms with Gasteiger partial charge < -0.3 is 5.32 Å². The molecule has 0 atom stereocenters. The van der Waals surface area contributed by atoms with Crippen LogP contribution in [-0.4, -0.2) is 21.2 Å². The molecule has 6 nitrogen and oxygen atoms in total. The first-order valence-electron chi connectivity index (χ1n) is 10.4. The predicted octanol–water partition coefficient (Wildman–Crippen LogP) is 4.99. The van der Waals surface area contributed by atoms with Gasteiger partial charge in [0.15, 0.2) is 5.78 Å². The highest BCUT2D eigenvalue weighted by atomic mass is 32.1. The molecule has 32 heavy (non-hydrogen) atoms. The molecule has 4 aromatic rings. The fourth-order valence-electron chi connectivity index (χ4n) is 3.39. The fraction of sp³-hybridized carbons (Fsp3) is 0.200. The van der Waals surface area contributed by atoms with Crippen LogP contribution in [0.3, 0.4) is 0 Å². The molecule has 0 aliphatic carbocycles. The summed E-state index contributed by atoms with van der Waals surface area (Å²) in [6, 6.07) is 18.4. The summed E-state index contributed by atoms with van der Waals surface area (Å²) < 4.78 is 1.34. The third-order valence-corrected chi connectivity index (χ3v) is 6.07. The van der Waals surface area contributed by atoms with Crippen LogP contribution in [0.25, 0.3) is 20.7 Å². The highest BCUT2D eigenvalue weighted by Crippen LogP contribution is 2.30. The summed E-state index contributed by atoms with van der Waals surface area (Å²) in [6.45, 7) is 3.86. The molecule has 0 bridgehead atoms. The maximum atomic E-state index is 12.9. The zero-order valence-corrected chi connectivity index (χ0v) is 18.7. The van der Waals surface area contributed by atoms with E-state index in [-0.39, 0.29) is 29.7 Å². The number of Topliss-reactive ketones (excluding diaryl/α,β-unsaturated/α-hetero) is 1. The van der Waals surface area contributed by atoms with Crippen LogP contribution in [-0.2, 0) is 11.3 Å². The SMILES string of the molecule is CC(C)CC(=O)Nc1ccc(C(=O)Cn2cnc3sc(-c4ccccc4)cc3c2=O)cc1. The van der Waals surface area contributed by atoms with E-state index >= 15 is 0 Å². The summed E-state index contributed by atoms with van der Waals surface area (Å²) in [5, 5.41) is 3.33. The molecule has 2 aromatic heterocycles. The summed E-state index contributed by atoms with van der Waals surface area (Å²) in [5.41, 5.74) is 1.89. The van der Waals surface area contributed by atoms with E-state index in [2.05, 4.69) is 10.3 Å². The summed E-state index contributed by atoms with van der Waals surface area (Å²) in [4.78, 5) is 43.6. The molecule has 4 rings (SSSR count). The Morgan fingerprint density at radius 1 is 1.06 bits per heavy atom. The van der Waals surface area contributed by atoms with Crippen molar-refractivity contribution in [2.45, 2.75) is 26.8 Å². The van der Waals surface area contributed by atoms with Crippen molar-refractivity contribution >= 4 is 38.9 Å². The minimum absolute atomic E-state index is 0.0596. The monoisotopic (exact) mass is 445 g/mol. The third-order valence-electron chi connectivity index (χ3n) is 4.97. The number of hydrogen-bond acceptors (Lipinski definition) is 5. The van der Waals surface area contributed by atoms with Gasteiger partial charge in [0.25, 0.3) is 5.56 Å². The molecule has 0 aliphatic rings. The van der Waals surface area contributed by atoms with Gasteiger partial charge in [-0.05, 0) is 41.8 Å². The number of amides is 1. The van der Waals surface area contributed by atoms with Crippen LogP contribution in [0.15, 0.2) is 71.8 Å². The molecule has 0 spiro atoms. The lowest BCUT2D eigenvalue weighted by atomic mass is 10.1. The van der Waals surface area contributed by atoms with Crippen molar-refractivity contribution in [2.24, 2.45) is 5.92 Å². The molecular weight excluding hydrogens is 422 g/mol. The van der Waals surface area contributed by atoms with Gasteiger partial charge in [-0.3, -0.25) is 19.0 Å². The number of benzene rings is 2. The Bertz CT molecular complexity index is 1320. The van der Waals surface area contributed by atoms with E-state index in [1.165, 1.54) is 22.2 Å². The van der Waals surface area contributed by atoms with Crippen molar-refractivity contribution in [1.29, 1.82) is 0 Å². The zero-order chi connectivity index (χ0) is 22.7. The van der Waals surface area contributed by atoms with E-state index in [9.17, 15) is 14.4 Å². The van der Waals surface area contributed by atoms with Crippen LogP contribution in [0.5, 0.6) is 0 Å². The van der Waals surface area contributed by atoms with Gasteiger partial charge in [-0.2, -0.15) is 0 Å². The van der Waals surface area contributed by atoms with Gasteiger partial charge in [0.2, 0.25) is 5.91 Å². The largest absolute Gasteiger partial charge is 0.326 e. The van der Waals surface area contributed by atoms with E-state index in [1.807, 2.05) is 50.2 Å². The van der Waals surface area contributed by atoms with Crippen LogP contribution in [0.4, 0.5) is 5.69 Å². The molecule has 162 valence electrons. The Kier molecular flexibility index (Phi) is 6.28. The van der Waals surface area contributed by atoms with Crippen LogP contribution in [0, 0.1) is 5.92 Å². The van der Waals surface area contributed by atoms with Gasteiger partial charge in [0, 0.05) is 22.5 Å². The summed E-state index contributed by atoms with van der Waals surface area (Å²) in [7, 11) is 0. The summed E-state index contributed by atoms with van der Waals surface area (Å²) >= 11 is 1.45. The number of hydrogen-bond donors (Lipinski definition) is 1. The Morgan fingerprint density at radius 3 is 2.47 bits per heavy atom. The number of ketones is 1. The molecule has 0 fully saturated rings. The maximum Gasteiger partial charge on any atom is 0.262 e. The highest BCUT2D eigenvalue weighted by Gasteiger charge is 2.14. The molecule has 0 saturated carbocycles. The van der Waals surface area contributed by atoms with Crippen LogP contribution in [0.1, 0.15) is 30.6 Å². The first-order valence-corrected chi connectivity index (χ1v) is 11.2. The molecule has 0 unspecified atom stereocenters. The van der Waals surface area contributed by atoms with Crippen molar-refractivity contribution in [3.63, 3.8) is 0 Å². The molecule has 2 aromatic carbocycles. The summed E-state index contributed by atoms with van der Waals surface area (Å²) in [6.07, 6.45) is 1.86. The third kappa shape index (κ3) is 4.84. The van der Waals surface area contributed by atoms with Crippen LogP contribution in [0.2, 0.25) is 0 Å². The van der Waals surface area contributed by atoms with Gasteiger partial charge in [-0.25, -0.2) is 4.98 Å². The lowest BCUT2D eigenvalue weighted by Gasteiger charge is -2.08. The average Bonchev–Trinajstić information content (AvgIpc) is 3.21. The molecule has 0 radical (unpaired) electrons. The Morgan fingerprint density at radius 2 is 1.78 bits per heavy atom. The number of carbonyl (C=O) groups is 2. The topological polar surface area (TPSA) is 81.1 Å². The number of carbonyl (C=O) groups excluding carboxylic acids is 2. The van der Waals surface area contributed by atoms with Gasteiger partial charge in [0.05, 0.1) is 18.3 Å². The second kappa shape index (κ2) is 9.28. The van der Waals surface area contributed by atoms with E-state index in [4.69, 9.17) is 0 Å². The lowest BCUT2D eigenvalue weighted by molar-refractivity contribution is -0.116. The van der Waals surface area contributed by atoms with Gasteiger partial charge >= 0.3 is 0 Å².